The summed E-state index contributed by atoms with van der Waals surface area (Å²) in [4.78, 5) is 0. The first-order valence-electron chi connectivity index (χ1n) is 5.90. The number of benzene rings is 1. The third-order valence-electron chi connectivity index (χ3n) is 2.90. The minimum absolute atomic E-state index is 0.0487. The lowest BCUT2D eigenvalue weighted by molar-refractivity contribution is -0.137. The third-order valence-corrected chi connectivity index (χ3v) is 2.90. The van der Waals surface area contributed by atoms with Crippen LogP contribution in [0.4, 0.5) is 13.2 Å². The van der Waals surface area contributed by atoms with Gasteiger partial charge < -0.3 is 9.73 Å². The molecule has 0 amide bonds. The molecule has 0 saturated carbocycles. The molecule has 0 aliphatic rings. The molecule has 1 heterocycles. The molecule has 0 fully saturated rings. The Balaban J connectivity index is 1.97. The van der Waals surface area contributed by atoms with Crippen molar-refractivity contribution in [3.63, 3.8) is 0 Å². The summed E-state index contributed by atoms with van der Waals surface area (Å²) in [5, 5.41) is 3.18. The number of nitrogens with one attached hydrogen (secondary N) is 1. The van der Waals surface area contributed by atoms with Crippen LogP contribution in [0.25, 0.3) is 0 Å². The van der Waals surface area contributed by atoms with Crippen LogP contribution in [0.3, 0.4) is 0 Å². The van der Waals surface area contributed by atoms with Crippen molar-refractivity contribution in [2.45, 2.75) is 25.7 Å². The summed E-state index contributed by atoms with van der Waals surface area (Å²) in [6.45, 7) is 2.43. The fourth-order valence-corrected chi connectivity index (χ4v) is 1.75. The third kappa shape index (κ3) is 3.61. The first-order chi connectivity index (χ1) is 8.97. The van der Waals surface area contributed by atoms with Gasteiger partial charge in [-0.2, -0.15) is 13.2 Å². The molecular weight excluding hydrogens is 255 g/mol. The highest BCUT2D eigenvalue weighted by atomic mass is 19.4. The second-order valence-electron chi connectivity index (χ2n) is 4.30. The molecule has 1 atom stereocenters. The smallest absolute Gasteiger partial charge is 0.416 e. The number of rotatable bonds is 4. The molecule has 0 bridgehead atoms. The lowest BCUT2D eigenvalue weighted by atomic mass is 10.1. The predicted octanol–water partition coefficient (Wildman–Crippen LogP) is 4.15. The Kier molecular flexibility index (Phi) is 3.95. The van der Waals surface area contributed by atoms with E-state index in [4.69, 9.17) is 4.42 Å². The van der Waals surface area contributed by atoms with Crippen LogP contribution in [0.5, 0.6) is 0 Å². The fourth-order valence-electron chi connectivity index (χ4n) is 1.75. The van der Waals surface area contributed by atoms with Crippen molar-refractivity contribution in [2.75, 3.05) is 0 Å². The average Bonchev–Trinajstić information content (AvgIpc) is 2.88. The molecule has 0 aliphatic heterocycles. The SMILES string of the molecule is CC(NCc1ccco1)c1ccc(C(F)(F)F)cc1. The predicted molar refractivity (Wildman–Crippen MR) is 65.4 cm³/mol. The van der Waals surface area contributed by atoms with Gasteiger partial charge in [-0.15, -0.1) is 0 Å². The van der Waals surface area contributed by atoms with Gasteiger partial charge in [0.1, 0.15) is 5.76 Å². The van der Waals surface area contributed by atoms with Crippen LogP contribution in [-0.4, -0.2) is 0 Å². The van der Waals surface area contributed by atoms with Crippen molar-refractivity contribution < 1.29 is 17.6 Å². The van der Waals surface area contributed by atoms with Crippen molar-refractivity contribution >= 4 is 0 Å². The number of alkyl halides is 3. The van der Waals surface area contributed by atoms with Crippen molar-refractivity contribution in [3.8, 4) is 0 Å². The summed E-state index contributed by atoms with van der Waals surface area (Å²) in [6.07, 6.45) is -2.71. The van der Waals surface area contributed by atoms with Crippen molar-refractivity contribution in [3.05, 3.63) is 59.5 Å². The van der Waals surface area contributed by atoms with Gasteiger partial charge in [-0.25, -0.2) is 0 Å². The van der Waals surface area contributed by atoms with E-state index in [9.17, 15) is 13.2 Å². The second kappa shape index (κ2) is 5.48. The van der Waals surface area contributed by atoms with E-state index in [1.807, 2.05) is 13.0 Å². The van der Waals surface area contributed by atoms with E-state index in [0.29, 0.717) is 6.54 Å². The molecule has 102 valence electrons. The highest BCUT2D eigenvalue weighted by molar-refractivity contribution is 5.26. The number of furan rings is 1. The van der Waals surface area contributed by atoms with Gasteiger partial charge in [0, 0.05) is 6.04 Å². The van der Waals surface area contributed by atoms with E-state index in [-0.39, 0.29) is 6.04 Å². The first kappa shape index (κ1) is 13.7. The Morgan fingerprint density at radius 3 is 2.37 bits per heavy atom. The second-order valence-corrected chi connectivity index (χ2v) is 4.30. The van der Waals surface area contributed by atoms with Crippen LogP contribution >= 0.6 is 0 Å². The van der Waals surface area contributed by atoms with E-state index < -0.39 is 11.7 Å². The highest BCUT2D eigenvalue weighted by Gasteiger charge is 2.30. The van der Waals surface area contributed by atoms with Gasteiger partial charge >= 0.3 is 6.18 Å². The zero-order valence-electron chi connectivity index (χ0n) is 10.4. The minimum Gasteiger partial charge on any atom is -0.468 e. The highest BCUT2D eigenvalue weighted by Crippen LogP contribution is 2.29. The molecule has 1 unspecified atom stereocenters. The maximum atomic E-state index is 12.4. The molecule has 5 heteroatoms. The van der Waals surface area contributed by atoms with E-state index in [0.717, 1.165) is 23.5 Å². The number of halogens is 3. The Morgan fingerprint density at radius 1 is 1.16 bits per heavy atom. The Bertz CT molecular complexity index is 502. The summed E-state index contributed by atoms with van der Waals surface area (Å²) in [5.74, 6) is 0.791. The van der Waals surface area contributed by atoms with Crippen LogP contribution in [-0.2, 0) is 12.7 Å². The summed E-state index contributed by atoms with van der Waals surface area (Å²) in [7, 11) is 0. The number of hydrogen-bond donors (Lipinski definition) is 1. The van der Waals surface area contributed by atoms with Crippen LogP contribution in [0.1, 0.15) is 29.9 Å². The zero-order chi connectivity index (χ0) is 13.9. The molecule has 2 aromatic rings. The Hall–Kier alpha value is -1.75. The topological polar surface area (TPSA) is 25.2 Å². The minimum atomic E-state index is -4.29. The van der Waals surface area contributed by atoms with Crippen molar-refractivity contribution in [2.24, 2.45) is 0 Å². The van der Waals surface area contributed by atoms with Crippen molar-refractivity contribution in [1.82, 2.24) is 5.32 Å². The molecule has 0 saturated heterocycles. The Morgan fingerprint density at radius 2 is 1.84 bits per heavy atom. The molecule has 19 heavy (non-hydrogen) atoms. The lowest BCUT2D eigenvalue weighted by Gasteiger charge is -2.14. The molecule has 0 spiro atoms. The molecule has 0 radical (unpaired) electrons. The normalized spacial score (nSPS) is 13.5. The monoisotopic (exact) mass is 269 g/mol. The van der Waals surface area contributed by atoms with Gasteiger partial charge in [0.15, 0.2) is 0 Å². The molecule has 2 nitrogen and oxygen atoms in total. The lowest BCUT2D eigenvalue weighted by Crippen LogP contribution is -2.18. The molecule has 0 aliphatic carbocycles. The molecule has 1 aromatic carbocycles. The maximum Gasteiger partial charge on any atom is 0.416 e. The Labute approximate surface area is 109 Å². The van der Waals surface area contributed by atoms with Crippen LogP contribution in [0.15, 0.2) is 47.1 Å². The average molecular weight is 269 g/mol. The molecule has 1 aromatic heterocycles. The fraction of sp³-hybridized carbons (Fsp3) is 0.286. The van der Waals surface area contributed by atoms with Crippen LogP contribution < -0.4 is 5.32 Å². The van der Waals surface area contributed by atoms with E-state index in [2.05, 4.69) is 5.32 Å². The maximum absolute atomic E-state index is 12.4. The quantitative estimate of drug-likeness (QED) is 0.902. The van der Waals surface area contributed by atoms with Crippen LogP contribution in [0.2, 0.25) is 0 Å². The van der Waals surface area contributed by atoms with Gasteiger partial charge in [-0.1, -0.05) is 12.1 Å². The van der Waals surface area contributed by atoms with Gasteiger partial charge in [0.2, 0.25) is 0 Å². The van der Waals surface area contributed by atoms with E-state index in [1.54, 1.807) is 12.3 Å². The molecule has 2 rings (SSSR count). The summed E-state index contributed by atoms with van der Waals surface area (Å²) in [5.41, 5.74) is 0.175. The first-order valence-corrected chi connectivity index (χ1v) is 5.90. The van der Waals surface area contributed by atoms with E-state index >= 15 is 0 Å². The van der Waals surface area contributed by atoms with Gasteiger partial charge in [0.25, 0.3) is 0 Å². The van der Waals surface area contributed by atoms with Crippen LogP contribution in [0, 0.1) is 0 Å². The summed E-state index contributed by atoms with van der Waals surface area (Å²) >= 11 is 0. The van der Waals surface area contributed by atoms with Crippen molar-refractivity contribution in [1.29, 1.82) is 0 Å². The zero-order valence-corrected chi connectivity index (χ0v) is 10.4. The van der Waals surface area contributed by atoms with Gasteiger partial charge in [-0.05, 0) is 36.8 Å². The standard InChI is InChI=1S/C14H14F3NO/c1-10(18-9-13-3-2-8-19-13)11-4-6-12(7-5-11)14(15,16)17/h2-8,10,18H,9H2,1H3. The summed E-state index contributed by atoms with van der Waals surface area (Å²) in [6, 6.07) is 8.76. The van der Waals surface area contributed by atoms with E-state index in [1.165, 1.54) is 12.1 Å². The molecule has 1 N–H and O–H groups in total. The van der Waals surface area contributed by atoms with Gasteiger partial charge in [-0.3, -0.25) is 0 Å². The van der Waals surface area contributed by atoms with Gasteiger partial charge in [0.05, 0.1) is 18.4 Å². The molecular formula is C14H14F3NO. The number of hydrogen-bond acceptors (Lipinski definition) is 2. The largest absolute Gasteiger partial charge is 0.468 e. The summed E-state index contributed by atoms with van der Waals surface area (Å²) < 4.78 is 42.5.